The van der Waals surface area contributed by atoms with E-state index in [4.69, 9.17) is 4.74 Å². The maximum atomic E-state index is 5.95. The Bertz CT molecular complexity index is 257. The maximum Gasteiger partial charge on any atom is 0.119 e. The zero-order valence-corrected chi connectivity index (χ0v) is 12.1. The summed E-state index contributed by atoms with van der Waals surface area (Å²) in [6, 6.07) is 8.33. The molecule has 98 valence electrons. The van der Waals surface area contributed by atoms with Crippen LogP contribution in [-0.4, -0.2) is 6.10 Å². The van der Waals surface area contributed by atoms with Crippen LogP contribution in [0.2, 0.25) is 0 Å². The summed E-state index contributed by atoms with van der Waals surface area (Å²) in [7, 11) is 0. The molecule has 1 rings (SSSR count). The van der Waals surface area contributed by atoms with E-state index in [2.05, 4.69) is 45.0 Å². The molecule has 0 spiro atoms. The Morgan fingerprint density at radius 3 is 1.82 bits per heavy atom. The zero-order valence-electron chi connectivity index (χ0n) is 12.1. The van der Waals surface area contributed by atoms with Crippen molar-refractivity contribution in [3.63, 3.8) is 0 Å². The van der Waals surface area contributed by atoms with E-state index in [1.54, 1.807) is 0 Å². The predicted molar refractivity (Wildman–Crippen MR) is 76.8 cm³/mol. The molecule has 0 heterocycles. The van der Waals surface area contributed by atoms with Gasteiger partial charge in [-0.15, -0.1) is 0 Å². The lowest BCUT2D eigenvalue weighted by Crippen LogP contribution is -2.15. The smallest absolute Gasteiger partial charge is 0.119 e. The molecule has 0 saturated carbocycles. The van der Waals surface area contributed by atoms with Crippen LogP contribution in [0.5, 0.6) is 5.75 Å². The van der Waals surface area contributed by atoms with E-state index >= 15 is 0 Å². The maximum absolute atomic E-state index is 5.95. The largest absolute Gasteiger partial charge is 0.490 e. The van der Waals surface area contributed by atoms with Crippen LogP contribution in [0.4, 0.5) is 0 Å². The Hall–Kier alpha value is -0.980. The van der Waals surface area contributed by atoms with Crippen LogP contribution in [0.1, 0.15) is 58.9 Å². The van der Waals surface area contributed by atoms with E-state index < -0.39 is 0 Å². The second-order valence-corrected chi connectivity index (χ2v) is 4.13. The highest BCUT2D eigenvalue weighted by molar-refractivity contribution is 5.26. The summed E-state index contributed by atoms with van der Waals surface area (Å²) >= 11 is 0. The molecule has 1 aromatic carbocycles. The molecule has 0 aliphatic heterocycles. The molecule has 1 nitrogen and oxygen atoms in total. The fraction of sp³-hybridized carbons (Fsp3) is 0.625. The number of rotatable bonds is 6. The van der Waals surface area contributed by atoms with E-state index in [1.807, 2.05) is 13.8 Å². The molecule has 0 fully saturated rings. The number of hydrogen-bond acceptors (Lipinski definition) is 1. The van der Waals surface area contributed by atoms with Crippen molar-refractivity contribution in [3.8, 4) is 5.75 Å². The minimum absolute atomic E-state index is 0.391. The Morgan fingerprint density at radius 1 is 0.941 bits per heavy atom. The van der Waals surface area contributed by atoms with E-state index in [1.165, 1.54) is 18.4 Å². The van der Waals surface area contributed by atoms with Gasteiger partial charge in [0.25, 0.3) is 0 Å². The van der Waals surface area contributed by atoms with Crippen LogP contribution < -0.4 is 4.74 Å². The molecular formula is C16H28O. The number of aryl methyl sites for hydroxylation is 1. The van der Waals surface area contributed by atoms with E-state index in [9.17, 15) is 0 Å². The van der Waals surface area contributed by atoms with Crippen molar-refractivity contribution in [2.24, 2.45) is 0 Å². The summed E-state index contributed by atoms with van der Waals surface area (Å²) in [5, 5.41) is 0. The normalized spacial score (nSPS) is 9.76. The molecule has 0 aromatic heterocycles. The van der Waals surface area contributed by atoms with Crippen molar-refractivity contribution in [1.29, 1.82) is 0 Å². The van der Waals surface area contributed by atoms with Crippen LogP contribution in [0.3, 0.4) is 0 Å². The van der Waals surface area contributed by atoms with Gasteiger partial charge in [-0.1, -0.05) is 58.2 Å². The fourth-order valence-corrected chi connectivity index (χ4v) is 1.72. The van der Waals surface area contributed by atoms with Gasteiger partial charge in [0, 0.05) is 0 Å². The molecule has 0 atom stereocenters. The number of ether oxygens (including phenoxy) is 1. The summed E-state index contributed by atoms with van der Waals surface area (Å²) in [6.45, 7) is 10.5. The minimum Gasteiger partial charge on any atom is -0.490 e. The first-order chi connectivity index (χ1) is 8.26. The van der Waals surface area contributed by atoms with Gasteiger partial charge in [-0.05, 0) is 31.9 Å². The molecule has 1 heteroatoms. The first-order valence-corrected chi connectivity index (χ1v) is 6.99. The molecule has 0 unspecified atom stereocenters. The Kier molecular flexibility index (Phi) is 9.60. The lowest BCUT2D eigenvalue weighted by molar-refractivity contribution is 0.179. The van der Waals surface area contributed by atoms with Crippen LogP contribution in [0.15, 0.2) is 24.3 Å². The van der Waals surface area contributed by atoms with Crippen molar-refractivity contribution in [2.45, 2.75) is 66.4 Å². The summed E-state index contributed by atoms with van der Waals surface area (Å²) < 4.78 is 5.95. The molecule has 0 aliphatic rings. The van der Waals surface area contributed by atoms with Crippen LogP contribution in [-0.2, 0) is 0 Å². The second kappa shape index (κ2) is 10.2. The minimum atomic E-state index is 0.391. The highest BCUT2D eigenvalue weighted by Crippen LogP contribution is 2.17. The highest BCUT2D eigenvalue weighted by Gasteiger charge is 2.07. The van der Waals surface area contributed by atoms with Gasteiger partial charge >= 0.3 is 0 Å². The van der Waals surface area contributed by atoms with Gasteiger partial charge < -0.3 is 4.74 Å². The molecule has 0 amide bonds. The Labute approximate surface area is 107 Å². The number of benzene rings is 1. The fourth-order valence-electron chi connectivity index (χ4n) is 1.72. The summed E-state index contributed by atoms with van der Waals surface area (Å²) in [6.07, 6.45) is 5.08. The van der Waals surface area contributed by atoms with Gasteiger partial charge in [0.05, 0.1) is 6.10 Å². The van der Waals surface area contributed by atoms with Crippen molar-refractivity contribution >= 4 is 0 Å². The average Bonchev–Trinajstić information content (AvgIpc) is 2.35. The third-order valence-corrected chi connectivity index (χ3v) is 2.55. The van der Waals surface area contributed by atoms with Gasteiger partial charge in [0.15, 0.2) is 0 Å². The summed E-state index contributed by atoms with van der Waals surface area (Å²) in [5.74, 6) is 1.01. The predicted octanol–water partition coefficient (Wildman–Crippen LogP) is 5.37. The monoisotopic (exact) mass is 236 g/mol. The molecule has 1 aromatic rings. The van der Waals surface area contributed by atoms with Gasteiger partial charge in [0.1, 0.15) is 5.75 Å². The van der Waals surface area contributed by atoms with Gasteiger partial charge in [-0.3, -0.25) is 0 Å². The third-order valence-electron chi connectivity index (χ3n) is 2.55. The Morgan fingerprint density at radius 2 is 1.41 bits per heavy atom. The van der Waals surface area contributed by atoms with Gasteiger partial charge in [-0.25, -0.2) is 0 Å². The van der Waals surface area contributed by atoms with Crippen molar-refractivity contribution < 1.29 is 4.74 Å². The molecular weight excluding hydrogens is 208 g/mol. The van der Waals surface area contributed by atoms with Crippen molar-refractivity contribution in [1.82, 2.24) is 0 Å². The third kappa shape index (κ3) is 7.04. The first kappa shape index (κ1) is 16.0. The van der Waals surface area contributed by atoms with Crippen LogP contribution in [0.25, 0.3) is 0 Å². The highest BCUT2D eigenvalue weighted by atomic mass is 16.5. The lowest BCUT2D eigenvalue weighted by atomic mass is 10.1. The Balaban J connectivity index is 0.00000121. The average molecular weight is 236 g/mol. The second-order valence-electron chi connectivity index (χ2n) is 4.13. The van der Waals surface area contributed by atoms with Gasteiger partial charge in [0.2, 0.25) is 0 Å². The first-order valence-electron chi connectivity index (χ1n) is 6.99. The lowest BCUT2D eigenvalue weighted by Gasteiger charge is -2.17. The molecule has 0 radical (unpaired) electrons. The van der Waals surface area contributed by atoms with Crippen LogP contribution in [0, 0.1) is 6.92 Å². The number of hydrogen-bond donors (Lipinski definition) is 0. The molecule has 0 aliphatic carbocycles. The summed E-state index contributed by atoms with van der Waals surface area (Å²) in [5.41, 5.74) is 1.28. The molecule has 17 heavy (non-hydrogen) atoms. The molecule has 0 saturated heterocycles. The van der Waals surface area contributed by atoms with Crippen LogP contribution >= 0.6 is 0 Å². The van der Waals surface area contributed by atoms with Crippen molar-refractivity contribution in [2.75, 3.05) is 0 Å². The van der Waals surface area contributed by atoms with E-state index in [-0.39, 0.29) is 0 Å². The van der Waals surface area contributed by atoms with E-state index in [0.29, 0.717) is 6.10 Å². The van der Waals surface area contributed by atoms with Gasteiger partial charge in [-0.2, -0.15) is 0 Å². The summed E-state index contributed by atoms with van der Waals surface area (Å²) in [4.78, 5) is 0. The topological polar surface area (TPSA) is 9.23 Å². The molecule has 0 N–H and O–H groups in total. The quantitative estimate of drug-likeness (QED) is 0.645. The van der Waals surface area contributed by atoms with Crippen molar-refractivity contribution in [3.05, 3.63) is 29.8 Å². The SMILES string of the molecule is CC.CCCC(CCC)Oc1ccc(C)cc1. The van der Waals surface area contributed by atoms with E-state index in [0.717, 1.165) is 18.6 Å². The molecule has 0 bridgehead atoms. The zero-order chi connectivity index (χ0) is 13.1. The standard InChI is InChI=1S/C14H22O.C2H6/c1-4-6-13(7-5-2)15-14-10-8-12(3)9-11-14;1-2/h8-11,13H,4-7H2,1-3H3;1-2H3.